The van der Waals surface area contributed by atoms with Crippen LogP contribution in [0.25, 0.3) is 0 Å². The quantitative estimate of drug-likeness (QED) is 0.632. The van der Waals surface area contributed by atoms with Crippen LogP contribution in [-0.4, -0.2) is 24.5 Å². The van der Waals surface area contributed by atoms with Crippen molar-refractivity contribution in [1.82, 2.24) is 10.6 Å². The number of nitrogens with one attached hydrogen (secondary N) is 2. The highest BCUT2D eigenvalue weighted by atomic mass is 16.2. The first-order valence-corrected chi connectivity index (χ1v) is 6.00. The molecule has 2 aliphatic rings. The van der Waals surface area contributed by atoms with Crippen molar-refractivity contribution in [3.05, 3.63) is 0 Å². The van der Waals surface area contributed by atoms with Crippen molar-refractivity contribution < 1.29 is 4.79 Å². The Balaban J connectivity index is 2.18. The molecule has 86 valence electrons. The summed E-state index contributed by atoms with van der Waals surface area (Å²) in [6, 6.07) is 0. The van der Waals surface area contributed by atoms with Crippen molar-refractivity contribution in [3.63, 3.8) is 0 Å². The number of carbonyl (C=O) groups is 1. The minimum Gasteiger partial charge on any atom is -0.353 e. The molecule has 1 saturated carbocycles. The SMILES string of the molecule is CC1CC(C)(C)CCC12NCCNC2=O. The van der Waals surface area contributed by atoms with Crippen LogP contribution in [0, 0.1) is 11.3 Å². The molecule has 2 atom stereocenters. The molecule has 2 N–H and O–H groups in total. The average Bonchev–Trinajstić information content (AvgIpc) is 2.15. The van der Waals surface area contributed by atoms with Gasteiger partial charge in [0.05, 0.1) is 0 Å². The normalized spacial score (nSPS) is 40.2. The summed E-state index contributed by atoms with van der Waals surface area (Å²) in [5.41, 5.74) is 0.123. The van der Waals surface area contributed by atoms with E-state index in [1.807, 2.05) is 0 Å². The summed E-state index contributed by atoms with van der Waals surface area (Å²) < 4.78 is 0. The van der Waals surface area contributed by atoms with E-state index in [1.54, 1.807) is 0 Å². The number of carbonyl (C=O) groups excluding carboxylic acids is 1. The summed E-state index contributed by atoms with van der Waals surface area (Å²) in [6.07, 6.45) is 3.25. The molecule has 2 unspecified atom stereocenters. The van der Waals surface area contributed by atoms with Crippen LogP contribution in [0.5, 0.6) is 0 Å². The molecule has 0 bridgehead atoms. The van der Waals surface area contributed by atoms with Crippen LogP contribution < -0.4 is 10.6 Å². The van der Waals surface area contributed by atoms with Crippen molar-refractivity contribution in [1.29, 1.82) is 0 Å². The zero-order valence-electron chi connectivity index (χ0n) is 10.0. The maximum Gasteiger partial charge on any atom is 0.240 e. The largest absolute Gasteiger partial charge is 0.353 e. The second-order valence-electron chi connectivity index (χ2n) is 5.92. The number of amides is 1. The fourth-order valence-corrected chi connectivity index (χ4v) is 3.19. The van der Waals surface area contributed by atoms with Crippen LogP contribution in [0.4, 0.5) is 0 Å². The van der Waals surface area contributed by atoms with Gasteiger partial charge in [-0.2, -0.15) is 0 Å². The molecular weight excluding hydrogens is 188 g/mol. The van der Waals surface area contributed by atoms with Crippen LogP contribution in [0.15, 0.2) is 0 Å². The molecule has 0 radical (unpaired) electrons. The van der Waals surface area contributed by atoms with E-state index in [0.29, 0.717) is 11.3 Å². The lowest BCUT2D eigenvalue weighted by Crippen LogP contribution is -2.68. The van der Waals surface area contributed by atoms with E-state index in [-0.39, 0.29) is 11.4 Å². The third-order valence-electron chi connectivity index (χ3n) is 4.15. The van der Waals surface area contributed by atoms with Gasteiger partial charge in [-0.05, 0) is 30.6 Å². The number of rotatable bonds is 0. The number of piperazine rings is 1. The molecule has 15 heavy (non-hydrogen) atoms. The van der Waals surface area contributed by atoms with Crippen LogP contribution in [0.3, 0.4) is 0 Å². The van der Waals surface area contributed by atoms with E-state index >= 15 is 0 Å². The van der Waals surface area contributed by atoms with Crippen LogP contribution in [0.2, 0.25) is 0 Å². The number of hydrogen-bond acceptors (Lipinski definition) is 2. The van der Waals surface area contributed by atoms with Gasteiger partial charge in [0.15, 0.2) is 0 Å². The first-order chi connectivity index (χ1) is 6.96. The molecule has 2 fully saturated rings. The smallest absolute Gasteiger partial charge is 0.240 e. The minimum atomic E-state index is -0.270. The minimum absolute atomic E-state index is 0.219. The van der Waals surface area contributed by atoms with Gasteiger partial charge in [-0.3, -0.25) is 4.79 Å². The fourth-order valence-electron chi connectivity index (χ4n) is 3.19. The molecule has 1 aliphatic carbocycles. The monoisotopic (exact) mass is 210 g/mol. The van der Waals surface area contributed by atoms with Crippen molar-refractivity contribution in [2.75, 3.05) is 13.1 Å². The molecule has 1 spiro atoms. The lowest BCUT2D eigenvalue weighted by Gasteiger charge is -2.49. The summed E-state index contributed by atoms with van der Waals surface area (Å²) in [7, 11) is 0. The Morgan fingerprint density at radius 2 is 2.00 bits per heavy atom. The second kappa shape index (κ2) is 3.48. The van der Waals surface area contributed by atoms with E-state index in [0.717, 1.165) is 32.4 Å². The Labute approximate surface area is 92.0 Å². The molecule has 1 aliphatic heterocycles. The van der Waals surface area contributed by atoms with Crippen molar-refractivity contribution in [2.45, 2.75) is 45.6 Å². The molecule has 2 rings (SSSR count). The van der Waals surface area contributed by atoms with Gasteiger partial charge in [-0.1, -0.05) is 20.8 Å². The maximum absolute atomic E-state index is 12.0. The summed E-state index contributed by atoms with van der Waals surface area (Å²) in [5, 5.41) is 6.46. The third kappa shape index (κ3) is 1.78. The van der Waals surface area contributed by atoms with Crippen molar-refractivity contribution in [2.24, 2.45) is 11.3 Å². The predicted molar refractivity (Wildman–Crippen MR) is 60.5 cm³/mol. The van der Waals surface area contributed by atoms with Crippen LogP contribution >= 0.6 is 0 Å². The maximum atomic E-state index is 12.0. The molecule has 3 heteroatoms. The lowest BCUT2D eigenvalue weighted by molar-refractivity contribution is -0.134. The Hall–Kier alpha value is -0.570. The van der Waals surface area contributed by atoms with Gasteiger partial charge < -0.3 is 10.6 Å². The molecule has 1 heterocycles. The van der Waals surface area contributed by atoms with Gasteiger partial charge in [0.1, 0.15) is 5.54 Å². The molecule has 1 saturated heterocycles. The van der Waals surface area contributed by atoms with Gasteiger partial charge in [0.2, 0.25) is 5.91 Å². The molecule has 3 nitrogen and oxygen atoms in total. The summed E-state index contributed by atoms with van der Waals surface area (Å²) in [6.45, 7) is 8.50. The summed E-state index contributed by atoms with van der Waals surface area (Å²) >= 11 is 0. The first kappa shape index (κ1) is 10.9. The average molecular weight is 210 g/mol. The second-order valence-corrected chi connectivity index (χ2v) is 5.92. The number of hydrogen-bond donors (Lipinski definition) is 2. The lowest BCUT2D eigenvalue weighted by atomic mass is 9.63. The highest BCUT2D eigenvalue weighted by molar-refractivity contribution is 5.87. The Morgan fingerprint density at radius 3 is 2.60 bits per heavy atom. The Bertz CT molecular complexity index is 275. The van der Waals surface area contributed by atoms with Gasteiger partial charge in [-0.25, -0.2) is 0 Å². The summed E-state index contributed by atoms with van der Waals surface area (Å²) in [5.74, 6) is 0.651. The van der Waals surface area contributed by atoms with Gasteiger partial charge in [0, 0.05) is 13.1 Å². The van der Waals surface area contributed by atoms with Crippen molar-refractivity contribution in [3.8, 4) is 0 Å². The van der Waals surface area contributed by atoms with E-state index in [2.05, 4.69) is 31.4 Å². The van der Waals surface area contributed by atoms with Gasteiger partial charge in [-0.15, -0.1) is 0 Å². The van der Waals surface area contributed by atoms with Gasteiger partial charge >= 0.3 is 0 Å². The molecule has 0 aromatic heterocycles. The zero-order valence-corrected chi connectivity index (χ0v) is 10.0. The topological polar surface area (TPSA) is 41.1 Å². The Morgan fingerprint density at radius 1 is 1.27 bits per heavy atom. The molecule has 0 aromatic carbocycles. The highest BCUT2D eigenvalue weighted by Gasteiger charge is 2.49. The van der Waals surface area contributed by atoms with Gasteiger partial charge in [0.25, 0.3) is 0 Å². The van der Waals surface area contributed by atoms with E-state index < -0.39 is 0 Å². The molecule has 1 amide bonds. The first-order valence-electron chi connectivity index (χ1n) is 6.00. The van der Waals surface area contributed by atoms with E-state index in [4.69, 9.17) is 0 Å². The Kier molecular flexibility index (Phi) is 2.53. The van der Waals surface area contributed by atoms with Crippen LogP contribution in [0.1, 0.15) is 40.0 Å². The zero-order chi connectivity index (χ0) is 11.1. The third-order valence-corrected chi connectivity index (χ3v) is 4.15. The summed E-state index contributed by atoms with van der Waals surface area (Å²) in [4.78, 5) is 12.0. The highest BCUT2D eigenvalue weighted by Crippen LogP contribution is 2.44. The molecule has 0 aromatic rings. The fraction of sp³-hybridized carbons (Fsp3) is 0.917. The van der Waals surface area contributed by atoms with Crippen LogP contribution in [-0.2, 0) is 4.79 Å². The van der Waals surface area contributed by atoms with Crippen molar-refractivity contribution >= 4 is 5.91 Å². The molecular formula is C12H22N2O. The van der Waals surface area contributed by atoms with E-state index in [9.17, 15) is 4.79 Å². The predicted octanol–water partition coefficient (Wildman–Crippen LogP) is 1.29. The standard InChI is InChI=1S/C12H22N2O/c1-9-8-11(2,3)4-5-12(9)10(15)13-6-7-14-12/h9,14H,4-8H2,1-3H3,(H,13,15). The van der Waals surface area contributed by atoms with E-state index in [1.165, 1.54) is 0 Å².